The Bertz CT molecular complexity index is 573. The molecule has 0 aliphatic carbocycles. The first kappa shape index (κ1) is 15.2. The van der Waals surface area contributed by atoms with Crippen LogP contribution in [-0.2, 0) is 11.3 Å². The van der Waals surface area contributed by atoms with Crippen LogP contribution in [0.15, 0.2) is 18.2 Å². The number of carbonyl (C=O) groups is 2. The number of hydrogen-bond donors (Lipinski definition) is 2. The summed E-state index contributed by atoms with van der Waals surface area (Å²) in [5.41, 5.74) is 6.25. The number of nitrogens with two attached hydrogens (primary N) is 1. The van der Waals surface area contributed by atoms with Crippen LogP contribution < -0.4 is 15.8 Å². The van der Waals surface area contributed by atoms with E-state index >= 15 is 0 Å². The van der Waals surface area contributed by atoms with Crippen molar-refractivity contribution in [1.82, 2.24) is 10.2 Å². The number of rotatable bonds is 5. The number of hydrogen-bond acceptors (Lipinski definition) is 4. The molecule has 1 saturated heterocycles. The van der Waals surface area contributed by atoms with E-state index < -0.39 is 5.54 Å². The van der Waals surface area contributed by atoms with Crippen molar-refractivity contribution < 1.29 is 14.3 Å². The standard InChI is InChI=1S/C15H21N3O3/c1-4-15(3)13(19)18(14(20)17-15)9-10-8-11(16)6-7-12(10)21-5-2/h6-8H,4-5,9,16H2,1-3H3,(H,17,20). The highest BCUT2D eigenvalue weighted by Gasteiger charge is 2.46. The molecule has 114 valence electrons. The average molecular weight is 291 g/mol. The third-order valence-corrected chi connectivity index (χ3v) is 3.77. The lowest BCUT2D eigenvalue weighted by Crippen LogP contribution is -2.43. The maximum absolute atomic E-state index is 12.4. The van der Waals surface area contributed by atoms with E-state index in [1.807, 2.05) is 13.8 Å². The Kier molecular flexibility index (Phi) is 4.06. The summed E-state index contributed by atoms with van der Waals surface area (Å²) in [6.07, 6.45) is 0.545. The molecule has 21 heavy (non-hydrogen) atoms. The van der Waals surface area contributed by atoms with Crippen molar-refractivity contribution >= 4 is 17.6 Å². The zero-order chi connectivity index (χ0) is 15.6. The van der Waals surface area contributed by atoms with E-state index in [1.165, 1.54) is 4.90 Å². The molecule has 1 unspecified atom stereocenters. The Morgan fingerprint density at radius 3 is 2.62 bits per heavy atom. The molecule has 0 aromatic heterocycles. The Hall–Kier alpha value is -2.24. The van der Waals surface area contributed by atoms with Crippen molar-refractivity contribution in [3.8, 4) is 5.75 Å². The summed E-state index contributed by atoms with van der Waals surface area (Å²) in [6, 6.07) is 4.84. The molecule has 0 radical (unpaired) electrons. The second kappa shape index (κ2) is 5.63. The van der Waals surface area contributed by atoms with Crippen molar-refractivity contribution in [3.05, 3.63) is 23.8 Å². The molecule has 1 aromatic carbocycles. The van der Waals surface area contributed by atoms with Gasteiger partial charge in [0.1, 0.15) is 11.3 Å². The van der Waals surface area contributed by atoms with Crippen LogP contribution in [0.3, 0.4) is 0 Å². The molecule has 1 fully saturated rings. The maximum Gasteiger partial charge on any atom is 0.325 e. The van der Waals surface area contributed by atoms with E-state index in [2.05, 4.69) is 5.32 Å². The Morgan fingerprint density at radius 1 is 1.33 bits per heavy atom. The van der Waals surface area contributed by atoms with Gasteiger partial charge in [-0.15, -0.1) is 0 Å². The molecule has 1 aromatic rings. The van der Waals surface area contributed by atoms with Gasteiger partial charge in [-0.3, -0.25) is 9.69 Å². The molecule has 6 heteroatoms. The van der Waals surface area contributed by atoms with Crippen molar-refractivity contribution in [2.24, 2.45) is 0 Å². The fourth-order valence-electron chi connectivity index (χ4n) is 2.32. The van der Waals surface area contributed by atoms with Gasteiger partial charge in [0, 0.05) is 11.3 Å². The normalized spacial score (nSPS) is 21.6. The van der Waals surface area contributed by atoms with Crippen LogP contribution in [0.4, 0.5) is 10.5 Å². The molecule has 3 N–H and O–H groups in total. The van der Waals surface area contributed by atoms with Crippen LogP contribution in [0.25, 0.3) is 0 Å². The molecule has 1 atom stereocenters. The Labute approximate surface area is 124 Å². The molecule has 0 spiro atoms. The van der Waals surface area contributed by atoms with Gasteiger partial charge in [-0.2, -0.15) is 0 Å². The van der Waals surface area contributed by atoms with Gasteiger partial charge in [-0.1, -0.05) is 6.92 Å². The average Bonchev–Trinajstić information content (AvgIpc) is 2.66. The van der Waals surface area contributed by atoms with Crippen molar-refractivity contribution in [2.75, 3.05) is 12.3 Å². The minimum absolute atomic E-state index is 0.153. The summed E-state index contributed by atoms with van der Waals surface area (Å²) in [7, 11) is 0. The van der Waals surface area contributed by atoms with Crippen molar-refractivity contribution in [1.29, 1.82) is 0 Å². The molecule has 2 rings (SSSR count). The van der Waals surface area contributed by atoms with Crippen LogP contribution in [0, 0.1) is 0 Å². The van der Waals surface area contributed by atoms with Gasteiger partial charge < -0.3 is 15.8 Å². The Balaban J connectivity index is 2.28. The quantitative estimate of drug-likeness (QED) is 0.641. The number of nitrogens with zero attached hydrogens (tertiary/aromatic N) is 1. The van der Waals surface area contributed by atoms with Gasteiger partial charge in [-0.25, -0.2) is 4.79 Å². The number of benzene rings is 1. The summed E-state index contributed by atoms with van der Waals surface area (Å²) in [6.45, 7) is 6.14. The molecule has 1 heterocycles. The molecule has 1 aliphatic rings. The van der Waals surface area contributed by atoms with E-state index in [4.69, 9.17) is 10.5 Å². The van der Waals surface area contributed by atoms with Crippen LogP contribution >= 0.6 is 0 Å². The second-order valence-electron chi connectivity index (χ2n) is 5.31. The Morgan fingerprint density at radius 2 is 2.05 bits per heavy atom. The van der Waals surface area contributed by atoms with Crippen LogP contribution in [-0.4, -0.2) is 29.0 Å². The van der Waals surface area contributed by atoms with E-state index in [0.717, 1.165) is 5.56 Å². The zero-order valence-corrected chi connectivity index (χ0v) is 12.6. The van der Waals surface area contributed by atoms with Gasteiger partial charge in [0.15, 0.2) is 0 Å². The molecule has 6 nitrogen and oxygen atoms in total. The molecule has 1 aliphatic heterocycles. The lowest BCUT2D eigenvalue weighted by Gasteiger charge is -2.20. The lowest BCUT2D eigenvalue weighted by molar-refractivity contribution is -0.131. The number of urea groups is 1. The topological polar surface area (TPSA) is 84.7 Å². The lowest BCUT2D eigenvalue weighted by atomic mass is 9.99. The summed E-state index contributed by atoms with van der Waals surface area (Å²) in [5.74, 6) is 0.414. The first-order valence-electron chi connectivity index (χ1n) is 7.06. The van der Waals surface area contributed by atoms with Gasteiger partial charge in [0.25, 0.3) is 5.91 Å². The SMILES string of the molecule is CCOc1ccc(N)cc1CN1C(=O)NC(C)(CC)C1=O. The molecular weight excluding hydrogens is 270 g/mol. The molecular formula is C15H21N3O3. The predicted molar refractivity (Wildman–Crippen MR) is 79.8 cm³/mol. The van der Waals surface area contributed by atoms with Crippen LogP contribution in [0.1, 0.15) is 32.8 Å². The zero-order valence-electron chi connectivity index (χ0n) is 12.6. The number of imide groups is 1. The number of nitrogen functional groups attached to an aromatic ring is 1. The highest BCUT2D eigenvalue weighted by Crippen LogP contribution is 2.27. The summed E-state index contributed by atoms with van der Waals surface area (Å²) >= 11 is 0. The minimum atomic E-state index is -0.830. The predicted octanol–water partition coefficient (Wildman–Crippen LogP) is 1.89. The monoisotopic (exact) mass is 291 g/mol. The van der Waals surface area contributed by atoms with Gasteiger partial charge in [0.2, 0.25) is 0 Å². The fourth-order valence-corrected chi connectivity index (χ4v) is 2.32. The van der Waals surface area contributed by atoms with Gasteiger partial charge in [-0.05, 0) is 38.5 Å². The smallest absolute Gasteiger partial charge is 0.325 e. The third kappa shape index (κ3) is 2.79. The number of nitrogens with one attached hydrogen (secondary N) is 1. The first-order chi connectivity index (χ1) is 9.91. The number of ether oxygens (including phenoxy) is 1. The van der Waals surface area contributed by atoms with Crippen molar-refractivity contribution in [2.45, 2.75) is 39.3 Å². The van der Waals surface area contributed by atoms with E-state index in [-0.39, 0.29) is 18.5 Å². The molecule has 0 saturated carbocycles. The largest absolute Gasteiger partial charge is 0.494 e. The minimum Gasteiger partial charge on any atom is -0.494 e. The van der Waals surface area contributed by atoms with E-state index in [1.54, 1.807) is 25.1 Å². The first-order valence-corrected chi connectivity index (χ1v) is 7.06. The second-order valence-corrected chi connectivity index (χ2v) is 5.31. The fraction of sp³-hybridized carbons (Fsp3) is 0.467. The number of carbonyl (C=O) groups excluding carboxylic acids is 2. The third-order valence-electron chi connectivity index (χ3n) is 3.77. The summed E-state index contributed by atoms with van der Waals surface area (Å²) < 4.78 is 5.53. The molecule has 0 bridgehead atoms. The van der Waals surface area contributed by atoms with E-state index in [0.29, 0.717) is 24.5 Å². The van der Waals surface area contributed by atoms with Gasteiger partial charge >= 0.3 is 6.03 Å². The number of amides is 3. The summed E-state index contributed by atoms with van der Waals surface area (Å²) in [4.78, 5) is 25.6. The van der Waals surface area contributed by atoms with E-state index in [9.17, 15) is 9.59 Å². The maximum atomic E-state index is 12.4. The number of anilines is 1. The highest BCUT2D eigenvalue weighted by atomic mass is 16.5. The van der Waals surface area contributed by atoms with Crippen LogP contribution in [0.5, 0.6) is 5.75 Å². The summed E-state index contributed by atoms with van der Waals surface area (Å²) in [5, 5.41) is 2.73. The molecule has 3 amide bonds. The van der Waals surface area contributed by atoms with Crippen LogP contribution in [0.2, 0.25) is 0 Å². The highest BCUT2D eigenvalue weighted by molar-refractivity contribution is 6.06. The van der Waals surface area contributed by atoms with Crippen molar-refractivity contribution in [3.63, 3.8) is 0 Å². The van der Waals surface area contributed by atoms with Gasteiger partial charge in [0.05, 0.1) is 13.2 Å².